The van der Waals surface area contributed by atoms with Crippen molar-refractivity contribution in [2.75, 3.05) is 4.90 Å². The average molecular weight is 219 g/mol. The van der Waals surface area contributed by atoms with E-state index in [2.05, 4.69) is 33.9 Å². The Morgan fingerprint density at radius 1 is 1.25 bits per heavy atom. The molecule has 0 amide bonds. The van der Waals surface area contributed by atoms with E-state index in [4.69, 9.17) is 0 Å². The molecule has 1 nitrogen and oxygen atoms in total. The average Bonchev–Trinajstić information content (AvgIpc) is 2.19. The zero-order valence-electron chi connectivity index (χ0n) is 10.1. The monoisotopic (exact) mass is 219 g/mol. The lowest BCUT2D eigenvalue weighted by molar-refractivity contribution is 0.546. The van der Waals surface area contributed by atoms with Crippen LogP contribution in [0.1, 0.15) is 20.8 Å². The van der Waals surface area contributed by atoms with Gasteiger partial charge in [0.05, 0.1) is 0 Å². The van der Waals surface area contributed by atoms with Crippen LogP contribution in [0.5, 0.6) is 0 Å². The summed E-state index contributed by atoms with van der Waals surface area (Å²) in [5.41, 5.74) is 1.60. The highest BCUT2D eigenvalue weighted by Crippen LogP contribution is 2.28. The van der Waals surface area contributed by atoms with Crippen LogP contribution < -0.4 is 4.90 Å². The Bertz CT molecular complexity index is 384. The van der Waals surface area contributed by atoms with Crippen LogP contribution in [-0.2, 0) is 0 Å². The van der Waals surface area contributed by atoms with Crippen LogP contribution in [0, 0.1) is 5.82 Å². The van der Waals surface area contributed by atoms with Gasteiger partial charge in [-0.1, -0.05) is 13.2 Å². The second-order valence-electron chi connectivity index (χ2n) is 4.68. The van der Waals surface area contributed by atoms with E-state index in [0.29, 0.717) is 0 Å². The van der Waals surface area contributed by atoms with Crippen LogP contribution in [0.2, 0.25) is 0 Å². The molecule has 0 aromatic heterocycles. The molecule has 0 fully saturated rings. The summed E-state index contributed by atoms with van der Waals surface area (Å²) in [7, 11) is 0. The minimum absolute atomic E-state index is 0.122. The highest BCUT2D eigenvalue weighted by molar-refractivity contribution is 5.56. The normalized spacial score (nSPS) is 11.0. The number of halogens is 1. The molecule has 0 saturated carbocycles. The first-order chi connectivity index (χ1) is 7.36. The van der Waals surface area contributed by atoms with Gasteiger partial charge in [0.15, 0.2) is 0 Å². The predicted octanol–water partition coefficient (Wildman–Crippen LogP) is 4.13. The van der Waals surface area contributed by atoms with Crippen molar-refractivity contribution in [2.24, 2.45) is 0 Å². The Hall–Kier alpha value is -1.57. The largest absolute Gasteiger partial charge is 0.337 e. The minimum Gasteiger partial charge on any atom is -0.337 e. The van der Waals surface area contributed by atoms with Crippen molar-refractivity contribution in [3.05, 3.63) is 55.0 Å². The number of allylic oxidation sites excluding steroid dienone is 1. The van der Waals surface area contributed by atoms with Crippen molar-refractivity contribution in [1.29, 1.82) is 0 Å². The summed E-state index contributed by atoms with van der Waals surface area (Å²) in [4.78, 5) is 2.03. The lowest BCUT2D eigenvalue weighted by atomic mass is 10.0. The highest BCUT2D eigenvalue weighted by Gasteiger charge is 2.22. The number of hydrogen-bond acceptors (Lipinski definition) is 1. The van der Waals surface area contributed by atoms with Crippen molar-refractivity contribution in [3.8, 4) is 0 Å². The maximum Gasteiger partial charge on any atom is 0.123 e. The summed E-state index contributed by atoms with van der Waals surface area (Å²) in [5, 5.41) is 0. The summed E-state index contributed by atoms with van der Waals surface area (Å²) < 4.78 is 12.9. The Morgan fingerprint density at radius 2 is 1.75 bits per heavy atom. The topological polar surface area (TPSA) is 3.24 Å². The molecule has 0 bridgehead atoms. The van der Waals surface area contributed by atoms with Gasteiger partial charge in [0, 0.05) is 16.9 Å². The minimum atomic E-state index is -0.234. The zero-order chi connectivity index (χ0) is 12.3. The molecule has 0 radical (unpaired) electrons. The van der Waals surface area contributed by atoms with Gasteiger partial charge in [-0.05, 0) is 51.1 Å². The van der Waals surface area contributed by atoms with Crippen LogP contribution in [-0.4, -0.2) is 5.54 Å². The molecule has 0 aliphatic heterocycles. The maximum absolute atomic E-state index is 12.9. The second kappa shape index (κ2) is 4.52. The van der Waals surface area contributed by atoms with Gasteiger partial charge >= 0.3 is 0 Å². The molecule has 0 aliphatic rings. The van der Waals surface area contributed by atoms with Crippen LogP contribution in [0.4, 0.5) is 10.1 Å². The summed E-state index contributed by atoms with van der Waals surface area (Å²) in [6.45, 7) is 13.9. The summed E-state index contributed by atoms with van der Waals surface area (Å²) >= 11 is 0. The first-order valence-corrected chi connectivity index (χ1v) is 5.23. The van der Waals surface area contributed by atoms with E-state index in [1.165, 1.54) is 12.1 Å². The molecule has 0 aliphatic carbocycles. The number of rotatable bonds is 3. The van der Waals surface area contributed by atoms with Crippen molar-refractivity contribution in [3.63, 3.8) is 0 Å². The number of anilines is 1. The quantitative estimate of drug-likeness (QED) is 0.691. The van der Waals surface area contributed by atoms with Gasteiger partial charge in [-0.25, -0.2) is 4.39 Å². The first-order valence-electron chi connectivity index (χ1n) is 5.23. The van der Waals surface area contributed by atoms with E-state index < -0.39 is 0 Å². The molecule has 0 unspecified atom stereocenters. The third kappa shape index (κ3) is 2.72. The number of hydrogen-bond donors (Lipinski definition) is 0. The Labute approximate surface area is 96.9 Å². The molecule has 0 atom stereocenters. The highest BCUT2D eigenvalue weighted by atomic mass is 19.1. The standard InChI is InChI=1S/C14H18FN/c1-6-11(2)16(14(3,4)5)13-9-7-12(15)8-10-13/h6-10H,1-2H2,3-5H3. The molecule has 0 heterocycles. The summed E-state index contributed by atoms with van der Waals surface area (Å²) in [6, 6.07) is 6.39. The molecule has 1 rings (SSSR count). The van der Waals surface area contributed by atoms with E-state index in [1.807, 2.05) is 4.90 Å². The number of nitrogens with zero attached hydrogens (tertiary/aromatic N) is 1. The second-order valence-corrected chi connectivity index (χ2v) is 4.68. The van der Waals surface area contributed by atoms with Gasteiger partial charge in [-0.15, -0.1) is 0 Å². The summed E-state index contributed by atoms with van der Waals surface area (Å²) in [6.07, 6.45) is 1.70. The fourth-order valence-corrected chi connectivity index (χ4v) is 1.67. The number of benzene rings is 1. The Balaban J connectivity index is 3.16. The van der Waals surface area contributed by atoms with E-state index in [1.54, 1.807) is 18.2 Å². The van der Waals surface area contributed by atoms with Crippen molar-refractivity contribution < 1.29 is 4.39 Å². The summed E-state index contributed by atoms with van der Waals surface area (Å²) in [5.74, 6) is -0.234. The molecule has 0 N–H and O–H groups in total. The van der Waals surface area contributed by atoms with Gasteiger partial charge in [0.25, 0.3) is 0 Å². The molecular weight excluding hydrogens is 201 g/mol. The SMILES string of the molecule is C=CC(=C)N(c1ccc(F)cc1)C(C)(C)C. The van der Waals surface area contributed by atoms with Crippen LogP contribution in [0.15, 0.2) is 49.2 Å². The van der Waals surface area contributed by atoms with Gasteiger partial charge in [-0.3, -0.25) is 0 Å². The lowest BCUT2D eigenvalue weighted by Crippen LogP contribution is -2.40. The zero-order valence-corrected chi connectivity index (χ0v) is 10.1. The van der Waals surface area contributed by atoms with E-state index in [-0.39, 0.29) is 11.4 Å². The van der Waals surface area contributed by atoms with Gasteiger partial charge < -0.3 is 4.90 Å². The molecule has 2 heteroatoms. The Morgan fingerprint density at radius 3 is 2.12 bits per heavy atom. The third-order valence-electron chi connectivity index (χ3n) is 2.28. The van der Waals surface area contributed by atoms with E-state index in [0.717, 1.165) is 11.4 Å². The molecule has 0 saturated heterocycles. The van der Waals surface area contributed by atoms with Crippen LogP contribution in [0.25, 0.3) is 0 Å². The molecule has 0 spiro atoms. The van der Waals surface area contributed by atoms with Crippen molar-refractivity contribution in [2.45, 2.75) is 26.3 Å². The first kappa shape index (κ1) is 12.5. The molecular formula is C14H18FN. The van der Waals surface area contributed by atoms with Crippen molar-refractivity contribution >= 4 is 5.69 Å². The van der Waals surface area contributed by atoms with E-state index in [9.17, 15) is 4.39 Å². The fourth-order valence-electron chi connectivity index (χ4n) is 1.67. The molecule has 1 aromatic rings. The van der Waals surface area contributed by atoms with Crippen LogP contribution >= 0.6 is 0 Å². The lowest BCUT2D eigenvalue weighted by Gasteiger charge is -2.38. The van der Waals surface area contributed by atoms with Gasteiger partial charge in [0.1, 0.15) is 5.82 Å². The maximum atomic E-state index is 12.9. The third-order valence-corrected chi connectivity index (χ3v) is 2.28. The fraction of sp³-hybridized carbons (Fsp3) is 0.286. The Kier molecular flexibility index (Phi) is 3.53. The van der Waals surface area contributed by atoms with Gasteiger partial charge in [-0.2, -0.15) is 0 Å². The predicted molar refractivity (Wildman–Crippen MR) is 68.0 cm³/mol. The van der Waals surface area contributed by atoms with Crippen molar-refractivity contribution in [1.82, 2.24) is 0 Å². The smallest absolute Gasteiger partial charge is 0.123 e. The van der Waals surface area contributed by atoms with E-state index >= 15 is 0 Å². The van der Waals surface area contributed by atoms with Crippen LogP contribution in [0.3, 0.4) is 0 Å². The molecule has 86 valence electrons. The molecule has 1 aromatic carbocycles. The molecule has 16 heavy (non-hydrogen) atoms. The van der Waals surface area contributed by atoms with Gasteiger partial charge in [0.2, 0.25) is 0 Å².